The zero-order valence-electron chi connectivity index (χ0n) is 12.4. The maximum absolute atomic E-state index is 12.0. The monoisotopic (exact) mass is 261 g/mol. The van der Waals surface area contributed by atoms with Crippen molar-refractivity contribution in [2.24, 2.45) is 11.8 Å². The molecule has 0 radical (unpaired) electrons. The Bertz CT molecular complexity index is 488. The molecule has 1 amide bonds. The van der Waals surface area contributed by atoms with Crippen molar-refractivity contribution in [1.82, 2.24) is 0 Å². The second kappa shape index (κ2) is 4.87. The molecule has 1 fully saturated rings. The number of amides is 1. The molecule has 0 saturated heterocycles. The molecule has 0 bridgehead atoms. The van der Waals surface area contributed by atoms with Gasteiger partial charge < -0.3 is 10.1 Å². The van der Waals surface area contributed by atoms with Crippen LogP contribution in [0.25, 0.3) is 0 Å². The third-order valence-corrected chi connectivity index (χ3v) is 3.77. The number of hydrogen-bond donors (Lipinski definition) is 1. The van der Waals surface area contributed by atoms with Gasteiger partial charge in [-0.15, -0.1) is 0 Å². The molecule has 2 rings (SSSR count). The van der Waals surface area contributed by atoms with Gasteiger partial charge in [-0.05, 0) is 35.4 Å². The molecule has 3 nitrogen and oxygen atoms in total. The Morgan fingerprint density at radius 2 is 2.00 bits per heavy atom. The van der Waals surface area contributed by atoms with E-state index in [1.54, 1.807) is 7.11 Å². The number of benzene rings is 1. The first kappa shape index (κ1) is 13.9. The zero-order chi connectivity index (χ0) is 14.2. The van der Waals surface area contributed by atoms with Gasteiger partial charge in [-0.2, -0.15) is 0 Å². The molecule has 0 spiro atoms. The second-order valence-electron chi connectivity index (χ2n) is 6.47. The SMILES string of the molecule is COc1ccc(C(C)(C)C)cc1NC(=O)[C@@H]1C[C@H]1C. The van der Waals surface area contributed by atoms with E-state index < -0.39 is 0 Å². The zero-order valence-corrected chi connectivity index (χ0v) is 12.4. The smallest absolute Gasteiger partial charge is 0.227 e. The Morgan fingerprint density at radius 3 is 2.47 bits per heavy atom. The molecule has 3 heteroatoms. The van der Waals surface area contributed by atoms with Gasteiger partial charge in [-0.25, -0.2) is 0 Å². The lowest BCUT2D eigenvalue weighted by Gasteiger charge is -2.21. The van der Waals surface area contributed by atoms with E-state index in [0.717, 1.165) is 17.9 Å². The molecule has 2 atom stereocenters. The fourth-order valence-electron chi connectivity index (χ4n) is 2.19. The van der Waals surface area contributed by atoms with Crippen molar-refractivity contribution in [3.8, 4) is 5.75 Å². The number of nitrogens with one attached hydrogen (secondary N) is 1. The van der Waals surface area contributed by atoms with Crippen molar-refractivity contribution < 1.29 is 9.53 Å². The average Bonchev–Trinajstić information content (AvgIpc) is 3.05. The lowest BCUT2D eigenvalue weighted by molar-refractivity contribution is -0.117. The van der Waals surface area contributed by atoms with Crippen molar-refractivity contribution in [3.05, 3.63) is 23.8 Å². The van der Waals surface area contributed by atoms with Gasteiger partial charge in [0.15, 0.2) is 0 Å². The van der Waals surface area contributed by atoms with Gasteiger partial charge >= 0.3 is 0 Å². The summed E-state index contributed by atoms with van der Waals surface area (Å²) in [6, 6.07) is 5.99. The number of carbonyl (C=O) groups excluding carboxylic acids is 1. The predicted molar refractivity (Wildman–Crippen MR) is 77.6 cm³/mol. The van der Waals surface area contributed by atoms with Crippen LogP contribution in [0.4, 0.5) is 5.69 Å². The van der Waals surface area contributed by atoms with Gasteiger partial charge in [0.05, 0.1) is 12.8 Å². The Labute approximate surface area is 115 Å². The van der Waals surface area contributed by atoms with Gasteiger partial charge in [0, 0.05) is 5.92 Å². The first-order valence-corrected chi connectivity index (χ1v) is 6.82. The van der Waals surface area contributed by atoms with Crippen molar-refractivity contribution in [3.63, 3.8) is 0 Å². The van der Waals surface area contributed by atoms with E-state index in [1.807, 2.05) is 18.2 Å². The van der Waals surface area contributed by atoms with Gasteiger partial charge in [-0.1, -0.05) is 33.8 Å². The van der Waals surface area contributed by atoms with Crippen molar-refractivity contribution in [2.45, 2.75) is 39.5 Å². The summed E-state index contributed by atoms with van der Waals surface area (Å²) in [7, 11) is 1.63. The molecular formula is C16H23NO2. The van der Waals surface area contributed by atoms with Gasteiger partial charge in [0.2, 0.25) is 5.91 Å². The molecule has 19 heavy (non-hydrogen) atoms. The summed E-state index contributed by atoms with van der Waals surface area (Å²) in [6.45, 7) is 8.57. The molecule has 1 aliphatic carbocycles. The standard InChI is InChI=1S/C16H23NO2/c1-10-8-12(10)15(18)17-13-9-11(16(2,3)4)6-7-14(13)19-5/h6-7,9-10,12H,8H2,1-5H3,(H,17,18)/t10-,12-/m1/s1. The molecular weight excluding hydrogens is 238 g/mol. The fourth-order valence-corrected chi connectivity index (χ4v) is 2.19. The summed E-state index contributed by atoms with van der Waals surface area (Å²) in [6.07, 6.45) is 0.993. The number of ether oxygens (including phenoxy) is 1. The average molecular weight is 261 g/mol. The molecule has 1 N–H and O–H groups in total. The fraction of sp³-hybridized carbons (Fsp3) is 0.562. The number of hydrogen-bond acceptors (Lipinski definition) is 2. The predicted octanol–water partition coefficient (Wildman–Crippen LogP) is 3.59. The van der Waals surface area contributed by atoms with Crippen LogP contribution in [-0.2, 0) is 10.2 Å². The Kier molecular flexibility index (Phi) is 3.57. The minimum absolute atomic E-state index is 0.0542. The van der Waals surface area contributed by atoms with E-state index in [-0.39, 0.29) is 17.2 Å². The molecule has 0 aliphatic heterocycles. The molecule has 1 aliphatic rings. The number of anilines is 1. The minimum atomic E-state index is 0.0542. The first-order chi connectivity index (χ1) is 8.82. The Hall–Kier alpha value is -1.51. The van der Waals surface area contributed by atoms with Crippen molar-refractivity contribution in [2.75, 3.05) is 12.4 Å². The molecule has 0 aromatic heterocycles. The third-order valence-electron chi connectivity index (χ3n) is 3.77. The Balaban J connectivity index is 2.23. The topological polar surface area (TPSA) is 38.3 Å². The lowest BCUT2D eigenvalue weighted by Crippen LogP contribution is -2.17. The van der Waals surface area contributed by atoms with Crippen molar-refractivity contribution in [1.29, 1.82) is 0 Å². The van der Waals surface area contributed by atoms with Crippen LogP contribution in [0.1, 0.15) is 39.7 Å². The van der Waals surface area contributed by atoms with Crippen molar-refractivity contribution >= 4 is 11.6 Å². The van der Waals surface area contributed by atoms with E-state index in [1.165, 1.54) is 5.56 Å². The quantitative estimate of drug-likeness (QED) is 0.903. The van der Waals surface area contributed by atoms with Crippen LogP contribution in [-0.4, -0.2) is 13.0 Å². The van der Waals surface area contributed by atoms with Crippen LogP contribution in [0, 0.1) is 11.8 Å². The van der Waals surface area contributed by atoms with Crippen LogP contribution in [0.15, 0.2) is 18.2 Å². The van der Waals surface area contributed by atoms with Crippen LogP contribution < -0.4 is 10.1 Å². The maximum Gasteiger partial charge on any atom is 0.227 e. The molecule has 0 unspecified atom stereocenters. The van der Waals surface area contributed by atoms with Gasteiger partial charge in [-0.3, -0.25) is 4.79 Å². The van der Waals surface area contributed by atoms with Crippen LogP contribution in [0.2, 0.25) is 0 Å². The van der Waals surface area contributed by atoms with Crippen LogP contribution in [0.3, 0.4) is 0 Å². The summed E-state index contributed by atoms with van der Waals surface area (Å²) in [4.78, 5) is 12.0. The van der Waals surface area contributed by atoms with E-state index in [9.17, 15) is 4.79 Å². The molecule has 1 aromatic carbocycles. The Morgan fingerprint density at radius 1 is 1.37 bits per heavy atom. The lowest BCUT2D eigenvalue weighted by atomic mass is 9.87. The highest BCUT2D eigenvalue weighted by Gasteiger charge is 2.39. The molecule has 0 heterocycles. The summed E-state index contributed by atoms with van der Waals surface area (Å²) >= 11 is 0. The summed E-state index contributed by atoms with van der Waals surface area (Å²) < 4.78 is 5.33. The van der Waals surface area contributed by atoms with E-state index in [4.69, 9.17) is 4.74 Å². The first-order valence-electron chi connectivity index (χ1n) is 6.82. The normalized spacial score (nSPS) is 21.9. The third kappa shape index (κ3) is 3.09. The highest BCUT2D eigenvalue weighted by atomic mass is 16.5. The number of methoxy groups -OCH3 is 1. The minimum Gasteiger partial charge on any atom is -0.495 e. The number of carbonyl (C=O) groups is 1. The van der Waals surface area contributed by atoms with Gasteiger partial charge in [0.1, 0.15) is 5.75 Å². The summed E-state index contributed by atoms with van der Waals surface area (Å²) in [5.74, 6) is 1.51. The largest absolute Gasteiger partial charge is 0.495 e. The molecule has 104 valence electrons. The second-order valence-corrected chi connectivity index (χ2v) is 6.47. The summed E-state index contributed by atoms with van der Waals surface area (Å²) in [5, 5.41) is 3.00. The van der Waals surface area contributed by atoms with Crippen LogP contribution >= 0.6 is 0 Å². The molecule has 1 saturated carbocycles. The van der Waals surface area contributed by atoms with E-state index >= 15 is 0 Å². The van der Waals surface area contributed by atoms with Gasteiger partial charge in [0.25, 0.3) is 0 Å². The highest BCUT2D eigenvalue weighted by Crippen LogP contribution is 2.39. The van der Waals surface area contributed by atoms with E-state index in [2.05, 4.69) is 33.0 Å². The highest BCUT2D eigenvalue weighted by molar-refractivity contribution is 5.95. The maximum atomic E-state index is 12.0. The molecule has 1 aromatic rings. The summed E-state index contributed by atoms with van der Waals surface area (Å²) in [5.41, 5.74) is 2.02. The van der Waals surface area contributed by atoms with Crippen LogP contribution in [0.5, 0.6) is 5.75 Å². The van der Waals surface area contributed by atoms with E-state index in [0.29, 0.717) is 5.92 Å². The number of rotatable bonds is 3.